The summed E-state index contributed by atoms with van der Waals surface area (Å²) in [7, 11) is 0. The Morgan fingerprint density at radius 1 is 1.43 bits per heavy atom. The van der Waals surface area contributed by atoms with E-state index in [-0.39, 0.29) is 11.9 Å². The number of ether oxygens (including phenoxy) is 1. The maximum Gasteiger partial charge on any atom is 0.374 e. The maximum atomic E-state index is 12.2. The van der Waals surface area contributed by atoms with E-state index in [1.165, 1.54) is 0 Å². The number of esters is 1. The molecule has 2 aromatic rings. The lowest BCUT2D eigenvalue weighted by Crippen LogP contribution is -2.42. The highest BCUT2D eigenvalue weighted by molar-refractivity contribution is 5.96. The smallest absolute Gasteiger partial charge is 0.374 e. The van der Waals surface area contributed by atoms with Gasteiger partial charge in [0.05, 0.1) is 12.7 Å². The summed E-state index contributed by atoms with van der Waals surface area (Å²) in [5.41, 5.74) is 1.54. The second-order valence-electron chi connectivity index (χ2n) is 6.19. The van der Waals surface area contributed by atoms with Crippen molar-refractivity contribution < 1.29 is 19.1 Å². The molecular weight excluding hydrogens is 294 g/mol. The van der Waals surface area contributed by atoms with Crippen LogP contribution in [0.25, 0.3) is 11.0 Å². The molecule has 2 atom stereocenters. The molecule has 0 aliphatic carbocycles. The number of nitrogens with zero attached hydrogens (tertiary/aromatic N) is 1. The van der Waals surface area contributed by atoms with Crippen molar-refractivity contribution in [2.24, 2.45) is 5.92 Å². The molecule has 1 N–H and O–H groups in total. The number of hydrogen-bond donors (Lipinski definition) is 1. The highest BCUT2D eigenvalue weighted by Crippen LogP contribution is 2.29. The molecule has 0 spiro atoms. The first-order valence-electron chi connectivity index (χ1n) is 8.18. The summed E-state index contributed by atoms with van der Waals surface area (Å²) in [5, 5.41) is 11.0. The monoisotopic (exact) mass is 317 g/mol. The summed E-state index contributed by atoms with van der Waals surface area (Å²) in [6.07, 6.45) is 0.624. The number of carbonyl (C=O) groups excluding carboxylic acids is 1. The minimum absolute atomic E-state index is 0.279. The molecule has 1 aromatic heterocycles. The van der Waals surface area contributed by atoms with Gasteiger partial charge in [0.2, 0.25) is 5.76 Å². The Bertz CT molecular complexity index is 693. The van der Waals surface area contributed by atoms with Crippen molar-refractivity contribution >= 4 is 16.9 Å². The van der Waals surface area contributed by atoms with Gasteiger partial charge in [0.15, 0.2) is 0 Å². The molecule has 1 aromatic carbocycles. The number of β-amino-alcohol motifs (C(OH)–C–C–N with tert-alkyl or cyclic N) is 1. The van der Waals surface area contributed by atoms with Crippen LogP contribution in [0.3, 0.4) is 0 Å². The number of hydrogen-bond acceptors (Lipinski definition) is 5. The molecule has 23 heavy (non-hydrogen) atoms. The van der Waals surface area contributed by atoms with Crippen molar-refractivity contribution in [2.45, 2.75) is 32.9 Å². The Balaban J connectivity index is 1.91. The average molecular weight is 317 g/mol. The van der Waals surface area contributed by atoms with Gasteiger partial charge in [-0.25, -0.2) is 4.79 Å². The fourth-order valence-electron chi connectivity index (χ4n) is 3.10. The van der Waals surface area contributed by atoms with Crippen molar-refractivity contribution in [3.05, 3.63) is 35.6 Å². The van der Waals surface area contributed by atoms with Crippen LogP contribution in [-0.2, 0) is 11.3 Å². The molecule has 1 aliphatic heterocycles. The summed E-state index contributed by atoms with van der Waals surface area (Å²) in [6.45, 7) is 6.26. The van der Waals surface area contributed by atoms with Crippen molar-refractivity contribution in [3.8, 4) is 0 Å². The minimum atomic E-state index is -0.426. The lowest BCUT2D eigenvalue weighted by atomic mass is 9.95. The number of likely N-dealkylation sites (tertiary alicyclic amines) is 1. The standard InChI is InChI=1S/C18H23NO4/c1-3-22-18(21)17-14(13-6-4-5-7-16(13)23-17)10-19-9-8-12(2)15(20)11-19/h4-7,12,15,20H,3,8-11H2,1-2H3. The predicted molar refractivity (Wildman–Crippen MR) is 87.2 cm³/mol. The Hall–Kier alpha value is -1.85. The second kappa shape index (κ2) is 6.72. The molecule has 0 saturated carbocycles. The maximum absolute atomic E-state index is 12.2. The van der Waals surface area contributed by atoms with E-state index in [2.05, 4.69) is 11.8 Å². The van der Waals surface area contributed by atoms with Crippen LogP contribution < -0.4 is 0 Å². The Morgan fingerprint density at radius 2 is 2.22 bits per heavy atom. The van der Waals surface area contributed by atoms with Gasteiger partial charge in [-0.1, -0.05) is 25.1 Å². The van der Waals surface area contributed by atoms with Gasteiger partial charge in [0.1, 0.15) is 5.58 Å². The first-order chi connectivity index (χ1) is 11.1. The van der Waals surface area contributed by atoms with E-state index in [1.807, 2.05) is 24.3 Å². The largest absolute Gasteiger partial charge is 0.460 e. The summed E-state index contributed by atoms with van der Waals surface area (Å²) < 4.78 is 10.9. The van der Waals surface area contributed by atoms with E-state index in [4.69, 9.17) is 9.15 Å². The van der Waals surface area contributed by atoms with Crippen LogP contribution in [0.15, 0.2) is 28.7 Å². The predicted octanol–water partition coefficient (Wildman–Crippen LogP) is 2.81. The zero-order valence-corrected chi connectivity index (χ0v) is 13.6. The lowest BCUT2D eigenvalue weighted by molar-refractivity contribution is 0.0255. The number of aliphatic hydroxyl groups is 1. The van der Waals surface area contributed by atoms with Crippen LogP contribution in [0.4, 0.5) is 0 Å². The highest BCUT2D eigenvalue weighted by atomic mass is 16.5. The Labute approximate surface area is 135 Å². The van der Waals surface area contributed by atoms with Crippen molar-refractivity contribution in [1.82, 2.24) is 4.90 Å². The van der Waals surface area contributed by atoms with Crippen LogP contribution in [0, 0.1) is 5.92 Å². The third kappa shape index (κ3) is 3.26. The van der Waals surface area contributed by atoms with Gasteiger partial charge in [-0.05, 0) is 31.9 Å². The fourth-order valence-corrected chi connectivity index (χ4v) is 3.10. The summed E-state index contributed by atoms with van der Waals surface area (Å²) >= 11 is 0. The van der Waals surface area contributed by atoms with E-state index < -0.39 is 5.97 Å². The Morgan fingerprint density at radius 3 is 2.96 bits per heavy atom. The van der Waals surface area contributed by atoms with Gasteiger partial charge < -0.3 is 14.3 Å². The molecule has 0 radical (unpaired) electrons. The summed E-state index contributed by atoms with van der Waals surface area (Å²) in [4.78, 5) is 14.4. The minimum Gasteiger partial charge on any atom is -0.460 e. The number of furan rings is 1. The van der Waals surface area contributed by atoms with Crippen molar-refractivity contribution in [2.75, 3.05) is 19.7 Å². The van der Waals surface area contributed by atoms with Gasteiger partial charge >= 0.3 is 5.97 Å². The van der Waals surface area contributed by atoms with Crippen molar-refractivity contribution in [1.29, 1.82) is 0 Å². The lowest BCUT2D eigenvalue weighted by Gasteiger charge is -2.34. The third-order valence-electron chi connectivity index (χ3n) is 4.54. The number of fused-ring (bicyclic) bond motifs is 1. The molecule has 124 valence electrons. The summed E-state index contributed by atoms with van der Waals surface area (Å²) in [6, 6.07) is 7.63. The van der Waals surface area contributed by atoms with Gasteiger partial charge in [-0.2, -0.15) is 0 Å². The van der Waals surface area contributed by atoms with Gasteiger partial charge in [-0.15, -0.1) is 0 Å². The molecule has 1 fully saturated rings. The van der Waals surface area contributed by atoms with E-state index in [0.29, 0.717) is 31.2 Å². The first-order valence-corrected chi connectivity index (χ1v) is 8.18. The molecule has 1 saturated heterocycles. The molecule has 5 heteroatoms. The zero-order valence-electron chi connectivity index (χ0n) is 13.6. The number of benzene rings is 1. The SMILES string of the molecule is CCOC(=O)c1oc2ccccc2c1CN1CCC(C)C(O)C1. The van der Waals surface area contributed by atoms with E-state index in [0.717, 1.165) is 23.9 Å². The normalized spacial score (nSPS) is 22.4. The number of aliphatic hydroxyl groups excluding tert-OH is 1. The second-order valence-corrected chi connectivity index (χ2v) is 6.19. The molecule has 0 bridgehead atoms. The molecule has 2 unspecified atom stereocenters. The number of carbonyl (C=O) groups is 1. The molecule has 5 nitrogen and oxygen atoms in total. The molecular formula is C18H23NO4. The van der Waals surface area contributed by atoms with Crippen molar-refractivity contribution in [3.63, 3.8) is 0 Å². The Kier molecular flexibility index (Phi) is 4.68. The number of piperidine rings is 1. The molecule has 1 aliphatic rings. The van der Waals surface area contributed by atoms with Gasteiger partial charge in [-0.3, -0.25) is 4.90 Å². The van der Waals surface area contributed by atoms with Crippen LogP contribution >= 0.6 is 0 Å². The van der Waals surface area contributed by atoms with Gasteiger partial charge in [0, 0.05) is 24.0 Å². The zero-order chi connectivity index (χ0) is 16.4. The molecule has 0 amide bonds. The third-order valence-corrected chi connectivity index (χ3v) is 4.54. The van der Waals surface area contributed by atoms with Crippen LogP contribution in [0.5, 0.6) is 0 Å². The van der Waals surface area contributed by atoms with Crippen LogP contribution in [0.1, 0.15) is 36.4 Å². The molecule has 2 heterocycles. The van der Waals surface area contributed by atoms with Crippen LogP contribution in [-0.4, -0.2) is 41.8 Å². The quantitative estimate of drug-likeness (QED) is 0.879. The number of rotatable bonds is 4. The van der Waals surface area contributed by atoms with E-state index in [1.54, 1.807) is 6.92 Å². The topological polar surface area (TPSA) is 62.9 Å². The number of para-hydroxylation sites is 1. The molecule has 3 rings (SSSR count). The van der Waals surface area contributed by atoms with E-state index >= 15 is 0 Å². The van der Waals surface area contributed by atoms with E-state index in [9.17, 15) is 9.90 Å². The highest BCUT2D eigenvalue weighted by Gasteiger charge is 2.28. The van der Waals surface area contributed by atoms with Gasteiger partial charge in [0.25, 0.3) is 0 Å². The first kappa shape index (κ1) is 16.0. The van der Waals surface area contributed by atoms with Crippen LogP contribution in [0.2, 0.25) is 0 Å². The fraction of sp³-hybridized carbons (Fsp3) is 0.500. The average Bonchev–Trinajstić information content (AvgIpc) is 2.90. The summed E-state index contributed by atoms with van der Waals surface area (Å²) in [5.74, 6) is 0.169.